The third-order valence-corrected chi connectivity index (χ3v) is 3.04. The lowest BCUT2D eigenvalue weighted by Crippen LogP contribution is -2.26. The molecule has 1 aromatic carbocycles. The number of alkyl halides is 1. The quantitative estimate of drug-likeness (QED) is 0.515. The Morgan fingerprint density at radius 1 is 1.33 bits per heavy atom. The number of carbonyl (C=O) groups is 2. The zero-order valence-corrected chi connectivity index (χ0v) is 8.76. The van der Waals surface area contributed by atoms with Crippen molar-refractivity contribution in [3.8, 4) is 6.07 Å². The van der Waals surface area contributed by atoms with E-state index in [0.29, 0.717) is 0 Å². The molecule has 1 atom stereocenters. The first-order valence-corrected chi connectivity index (χ1v) is 4.76. The van der Waals surface area contributed by atoms with Crippen molar-refractivity contribution < 1.29 is 9.59 Å². The average Bonchev–Trinajstić information content (AvgIpc) is 2.43. The molecule has 1 aromatic rings. The minimum atomic E-state index is -1.95. The summed E-state index contributed by atoms with van der Waals surface area (Å²) in [5, 5.41) is 9.03. The molecule has 0 spiro atoms. The molecular weight excluding hydrogens is 237 g/mol. The maximum atomic E-state index is 11.5. The fourth-order valence-corrected chi connectivity index (χ4v) is 2.22. The maximum absolute atomic E-state index is 11.5. The number of hydrogen-bond acceptors (Lipinski definition) is 3. The highest BCUT2D eigenvalue weighted by molar-refractivity contribution is 6.61. The lowest BCUT2D eigenvalue weighted by molar-refractivity contribution is -0.115. The van der Waals surface area contributed by atoms with Crippen molar-refractivity contribution in [3.05, 3.63) is 34.3 Å². The largest absolute Gasteiger partial charge is 0.287 e. The van der Waals surface area contributed by atoms with Crippen molar-refractivity contribution in [1.29, 1.82) is 5.26 Å². The molecular formula is C10H3Cl2NO2. The molecule has 5 heteroatoms. The summed E-state index contributed by atoms with van der Waals surface area (Å²) < 4.78 is 0. The summed E-state index contributed by atoms with van der Waals surface area (Å²) in [6.07, 6.45) is 0. The van der Waals surface area contributed by atoms with E-state index in [1.165, 1.54) is 18.2 Å². The number of halogens is 2. The summed E-state index contributed by atoms with van der Waals surface area (Å²) in [5.74, 6) is -1.70. The van der Waals surface area contributed by atoms with Gasteiger partial charge in [0.25, 0.3) is 0 Å². The van der Waals surface area contributed by atoms with Gasteiger partial charge in [0.05, 0.1) is 6.07 Å². The van der Waals surface area contributed by atoms with E-state index in [4.69, 9.17) is 28.5 Å². The number of ketones is 2. The van der Waals surface area contributed by atoms with Crippen LogP contribution in [0.1, 0.15) is 15.9 Å². The van der Waals surface area contributed by atoms with Crippen LogP contribution in [0.4, 0.5) is 0 Å². The van der Waals surface area contributed by atoms with E-state index in [-0.39, 0.29) is 16.1 Å². The molecule has 1 aliphatic rings. The molecule has 3 nitrogen and oxygen atoms in total. The summed E-state index contributed by atoms with van der Waals surface area (Å²) in [5.41, 5.74) is 0.217. The van der Waals surface area contributed by atoms with Crippen molar-refractivity contribution in [2.45, 2.75) is 4.87 Å². The van der Waals surface area contributed by atoms with Gasteiger partial charge in [-0.1, -0.05) is 35.3 Å². The third-order valence-electron chi connectivity index (χ3n) is 2.28. The van der Waals surface area contributed by atoms with Gasteiger partial charge in [-0.25, -0.2) is 0 Å². The predicted octanol–water partition coefficient (Wildman–Crippen LogP) is 2.06. The molecule has 0 aromatic heterocycles. The summed E-state index contributed by atoms with van der Waals surface area (Å²) in [7, 11) is 0. The Labute approximate surface area is 95.2 Å². The molecule has 1 aliphatic carbocycles. The highest BCUT2D eigenvalue weighted by Gasteiger charge is 2.52. The molecule has 15 heavy (non-hydrogen) atoms. The monoisotopic (exact) mass is 239 g/mol. The summed E-state index contributed by atoms with van der Waals surface area (Å²) >= 11 is 11.6. The standard InChI is InChI=1S/C10H3Cl2NO2/c11-6-3-1-2-5-7(6)10(12,4-13)9(15)8(5)14/h1-3H. The number of hydrogen-bond donors (Lipinski definition) is 0. The second-order valence-corrected chi connectivity index (χ2v) is 4.07. The molecule has 0 radical (unpaired) electrons. The Morgan fingerprint density at radius 2 is 2.00 bits per heavy atom. The van der Waals surface area contributed by atoms with Crippen LogP contribution in [0.5, 0.6) is 0 Å². The lowest BCUT2D eigenvalue weighted by Gasteiger charge is -2.10. The summed E-state index contributed by atoms with van der Waals surface area (Å²) in [6, 6.07) is 6.08. The smallest absolute Gasteiger partial charge is 0.243 e. The van der Waals surface area contributed by atoms with Gasteiger partial charge in [0, 0.05) is 16.1 Å². The van der Waals surface area contributed by atoms with Gasteiger partial charge in [0.15, 0.2) is 0 Å². The van der Waals surface area contributed by atoms with E-state index in [1.54, 1.807) is 6.07 Å². The Morgan fingerprint density at radius 3 is 2.60 bits per heavy atom. The van der Waals surface area contributed by atoms with Crippen LogP contribution in [0.2, 0.25) is 5.02 Å². The van der Waals surface area contributed by atoms with Crippen LogP contribution in [0.25, 0.3) is 0 Å². The fourth-order valence-electron chi connectivity index (χ4n) is 1.56. The number of carbonyl (C=O) groups excluding carboxylic acids is 2. The second kappa shape index (κ2) is 3.06. The molecule has 0 bridgehead atoms. The van der Waals surface area contributed by atoms with Gasteiger partial charge in [0.1, 0.15) is 0 Å². The Kier molecular flexibility index (Phi) is 2.07. The van der Waals surface area contributed by atoms with Gasteiger partial charge in [-0.05, 0) is 6.07 Å². The van der Waals surface area contributed by atoms with E-state index in [9.17, 15) is 9.59 Å². The molecule has 0 fully saturated rings. The molecule has 1 unspecified atom stereocenters. The molecule has 0 N–H and O–H groups in total. The van der Waals surface area contributed by atoms with E-state index >= 15 is 0 Å². The first kappa shape index (κ1) is 10.2. The van der Waals surface area contributed by atoms with Crippen molar-refractivity contribution >= 4 is 34.8 Å². The van der Waals surface area contributed by atoms with Crippen LogP contribution >= 0.6 is 23.2 Å². The van der Waals surface area contributed by atoms with Gasteiger partial charge in [-0.2, -0.15) is 5.26 Å². The van der Waals surface area contributed by atoms with Crippen LogP contribution in [0.3, 0.4) is 0 Å². The van der Waals surface area contributed by atoms with Crippen LogP contribution in [-0.2, 0) is 9.67 Å². The first-order valence-electron chi connectivity index (χ1n) is 4.00. The number of nitrogens with zero attached hydrogens (tertiary/aromatic N) is 1. The highest BCUT2D eigenvalue weighted by atomic mass is 35.5. The number of benzene rings is 1. The number of rotatable bonds is 0. The van der Waals surface area contributed by atoms with E-state index < -0.39 is 16.4 Å². The Hall–Kier alpha value is -1.37. The molecule has 74 valence electrons. The maximum Gasteiger partial charge on any atom is 0.243 e. The van der Waals surface area contributed by atoms with Gasteiger partial charge in [-0.3, -0.25) is 9.59 Å². The highest BCUT2D eigenvalue weighted by Crippen LogP contribution is 2.42. The minimum Gasteiger partial charge on any atom is -0.287 e. The van der Waals surface area contributed by atoms with Crippen LogP contribution in [-0.4, -0.2) is 11.6 Å². The number of fused-ring (bicyclic) bond motifs is 1. The van der Waals surface area contributed by atoms with E-state index in [1.807, 2.05) is 0 Å². The van der Waals surface area contributed by atoms with Crippen molar-refractivity contribution in [1.82, 2.24) is 0 Å². The normalized spacial score (nSPS) is 23.8. The molecule has 0 saturated carbocycles. The van der Waals surface area contributed by atoms with Crippen LogP contribution in [0, 0.1) is 11.3 Å². The number of Topliss-reactive ketones (excluding diaryl/α,β-unsaturated/α-hetero) is 2. The predicted molar refractivity (Wildman–Crippen MR) is 53.9 cm³/mol. The average molecular weight is 240 g/mol. The van der Waals surface area contributed by atoms with Crippen LogP contribution < -0.4 is 0 Å². The second-order valence-electron chi connectivity index (χ2n) is 3.09. The lowest BCUT2D eigenvalue weighted by atomic mass is 10.0. The van der Waals surface area contributed by atoms with Gasteiger partial charge < -0.3 is 0 Å². The molecule has 2 rings (SSSR count). The summed E-state index contributed by atoms with van der Waals surface area (Å²) in [6.45, 7) is 0. The molecule has 0 saturated heterocycles. The van der Waals surface area contributed by atoms with Gasteiger partial charge in [-0.15, -0.1) is 0 Å². The van der Waals surface area contributed by atoms with Crippen LogP contribution in [0.15, 0.2) is 18.2 Å². The van der Waals surface area contributed by atoms with Gasteiger partial charge >= 0.3 is 0 Å². The summed E-state index contributed by atoms with van der Waals surface area (Å²) in [4.78, 5) is 21.0. The number of nitriles is 1. The minimum absolute atomic E-state index is 0.103. The van der Waals surface area contributed by atoms with E-state index in [0.717, 1.165) is 0 Å². The fraction of sp³-hybridized carbons (Fsp3) is 0.100. The Bertz CT molecular complexity index is 533. The first-order chi connectivity index (χ1) is 7.02. The SMILES string of the molecule is N#CC1(Cl)C(=O)C(=O)c2cccc(Cl)c21. The zero-order chi connectivity index (χ0) is 11.2. The zero-order valence-electron chi connectivity index (χ0n) is 7.25. The molecule has 0 amide bonds. The molecule has 0 aliphatic heterocycles. The van der Waals surface area contributed by atoms with Crippen molar-refractivity contribution in [3.63, 3.8) is 0 Å². The van der Waals surface area contributed by atoms with Gasteiger partial charge in [0.2, 0.25) is 16.4 Å². The Balaban J connectivity index is 2.86. The van der Waals surface area contributed by atoms with E-state index in [2.05, 4.69) is 0 Å². The topological polar surface area (TPSA) is 57.9 Å². The molecule has 0 heterocycles. The van der Waals surface area contributed by atoms with Crippen molar-refractivity contribution in [2.75, 3.05) is 0 Å². The van der Waals surface area contributed by atoms with Crippen molar-refractivity contribution in [2.24, 2.45) is 0 Å². The third kappa shape index (κ3) is 1.12.